The van der Waals surface area contributed by atoms with Crippen molar-refractivity contribution in [2.45, 2.75) is 25.4 Å². The highest BCUT2D eigenvalue weighted by Gasteiger charge is 2.14. The normalized spacial score (nSPS) is 16.7. The van der Waals surface area contributed by atoms with Gasteiger partial charge in [-0.3, -0.25) is 4.90 Å². The minimum absolute atomic E-state index is 0.264. The van der Waals surface area contributed by atoms with Crippen molar-refractivity contribution in [3.63, 3.8) is 0 Å². The van der Waals surface area contributed by atoms with Crippen LogP contribution in [-0.2, 0) is 0 Å². The first-order valence-electron chi connectivity index (χ1n) is 8.63. The molecule has 1 N–H and O–H groups in total. The number of rotatable bonds is 6. The highest BCUT2D eigenvalue weighted by Crippen LogP contribution is 2.23. The van der Waals surface area contributed by atoms with Gasteiger partial charge in [0.2, 0.25) is 0 Å². The van der Waals surface area contributed by atoms with Gasteiger partial charge in [-0.15, -0.1) is 0 Å². The van der Waals surface area contributed by atoms with Crippen LogP contribution >= 0.6 is 0 Å². The Morgan fingerprint density at radius 1 is 1.04 bits per heavy atom. The topological polar surface area (TPSA) is 23.5 Å². The molecule has 2 nitrogen and oxygen atoms in total. The van der Waals surface area contributed by atoms with Gasteiger partial charge in [-0.05, 0) is 54.6 Å². The van der Waals surface area contributed by atoms with Crippen LogP contribution in [-0.4, -0.2) is 29.6 Å². The average molecular weight is 325 g/mol. The van der Waals surface area contributed by atoms with Crippen LogP contribution in [0.25, 0.3) is 5.57 Å². The molecule has 1 unspecified atom stereocenters. The van der Waals surface area contributed by atoms with Crippen LogP contribution in [0.1, 0.15) is 36.5 Å². The number of hydrogen-bond donors (Lipinski definition) is 1. The van der Waals surface area contributed by atoms with Crippen molar-refractivity contribution in [3.8, 4) is 0 Å². The third kappa shape index (κ3) is 4.53. The van der Waals surface area contributed by atoms with Crippen molar-refractivity contribution in [3.05, 3.63) is 77.6 Å². The molecule has 0 bridgehead atoms. The van der Waals surface area contributed by atoms with Crippen molar-refractivity contribution in [1.82, 2.24) is 4.90 Å². The van der Waals surface area contributed by atoms with E-state index in [9.17, 15) is 9.50 Å². The van der Waals surface area contributed by atoms with E-state index in [1.54, 1.807) is 12.1 Å². The van der Waals surface area contributed by atoms with Gasteiger partial charge in [-0.2, -0.15) is 0 Å². The first-order chi connectivity index (χ1) is 11.7. The molecular weight excluding hydrogens is 301 g/mol. The predicted molar refractivity (Wildman–Crippen MR) is 96.1 cm³/mol. The summed E-state index contributed by atoms with van der Waals surface area (Å²) in [6.45, 7) is 3.01. The fourth-order valence-corrected chi connectivity index (χ4v) is 3.19. The van der Waals surface area contributed by atoms with Gasteiger partial charge in [0.25, 0.3) is 0 Å². The predicted octanol–water partition coefficient (Wildman–Crippen LogP) is 4.43. The summed E-state index contributed by atoms with van der Waals surface area (Å²) in [5.74, 6) is -0.264. The SMILES string of the molecule is OC(CCCN1CC=C(c2ccccc2)CC1)c1ccc(F)cc1. The van der Waals surface area contributed by atoms with E-state index in [0.717, 1.165) is 38.0 Å². The van der Waals surface area contributed by atoms with Crippen LogP contribution in [0.15, 0.2) is 60.7 Å². The molecule has 0 radical (unpaired) electrons. The second-order valence-electron chi connectivity index (χ2n) is 6.36. The lowest BCUT2D eigenvalue weighted by Gasteiger charge is -2.26. The summed E-state index contributed by atoms with van der Waals surface area (Å²) >= 11 is 0. The number of benzene rings is 2. The van der Waals surface area contributed by atoms with Gasteiger partial charge in [0.05, 0.1) is 6.10 Å². The Hall–Kier alpha value is -1.97. The number of hydrogen-bond acceptors (Lipinski definition) is 2. The summed E-state index contributed by atoms with van der Waals surface area (Å²) in [6, 6.07) is 16.7. The molecule has 24 heavy (non-hydrogen) atoms. The van der Waals surface area contributed by atoms with Crippen LogP contribution in [0.4, 0.5) is 4.39 Å². The summed E-state index contributed by atoms with van der Waals surface area (Å²) < 4.78 is 12.9. The Labute approximate surface area is 143 Å². The molecule has 2 aromatic carbocycles. The second kappa shape index (κ2) is 8.22. The smallest absolute Gasteiger partial charge is 0.123 e. The largest absolute Gasteiger partial charge is 0.388 e. The van der Waals surface area contributed by atoms with Gasteiger partial charge >= 0.3 is 0 Å². The molecule has 0 aliphatic carbocycles. The van der Waals surface area contributed by atoms with E-state index in [1.165, 1.54) is 23.3 Å². The maximum absolute atomic E-state index is 12.9. The van der Waals surface area contributed by atoms with E-state index in [1.807, 2.05) is 6.07 Å². The Bertz CT molecular complexity index is 666. The first-order valence-corrected chi connectivity index (χ1v) is 8.63. The monoisotopic (exact) mass is 325 g/mol. The third-order valence-corrected chi connectivity index (χ3v) is 4.64. The van der Waals surface area contributed by atoms with Crippen molar-refractivity contribution < 1.29 is 9.50 Å². The van der Waals surface area contributed by atoms with Gasteiger partial charge in [0.15, 0.2) is 0 Å². The summed E-state index contributed by atoms with van der Waals surface area (Å²) in [5, 5.41) is 10.2. The summed E-state index contributed by atoms with van der Waals surface area (Å²) in [6.07, 6.45) is 4.52. The van der Waals surface area contributed by atoms with Crippen LogP contribution < -0.4 is 0 Å². The highest BCUT2D eigenvalue weighted by molar-refractivity contribution is 5.66. The van der Waals surface area contributed by atoms with Crippen LogP contribution in [0.5, 0.6) is 0 Å². The quantitative estimate of drug-likeness (QED) is 0.849. The Morgan fingerprint density at radius 2 is 1.79 bits per heavy atom. The van der Waals surface area contributed by atoms with Gasteiger partial charge in [-0.1, -0.05) is 48.5 Å². The fourth-order valence-electron chi connectivity index (χ4n) is 3.19. The van der Waals surface area contributed by atoms with Crippen LogP contribution in [0.2, 0.25) is 0 Å². The van der Waals surface area contributed by atoms with Gasteiger partial charge in [0, 0.05) is 13.1 Å². The lowest BCUT2D eigenvalue weighted by Crippen LogP contribution is -2.29. The standard InChI is InChI=1S/C21H24FNO/c22-20-10-8-19(9-11-20)21(24)7-4-14-23-15-12-18(13-16-23)17-5-2-1-3-6-17/h1-3,5-6,8-12,21,24H,4,7,13-16H2. The first kappa shape index (κ1) is 16.9. The zero-order valence-corrected chi connectivity index (χ0v) is 13.9. The molecule has 3 rings (SSSR count). The van der Waals surface area contributed by atoms with Crippen molar-refractivity contribution in [2.24, 2.45) is 0 Å². The van der Waals surface area contributed by atoms with E-state index in [-0.39, 0.29) is 5.82 Å². The third-order valence-electron chi connectivity index (χ3n) is 4.64. The minimum Gasteiger partial charge on any atom is -0.388 e. The molecule has 0 amide bonds. The molecule has 1 heterocycles. The van der Waals surface area contributed by atoms with Crippen LogP contribution in [0.3, 0.4) is 0 Å². The van der Waals surface area contributed by atoms with Crippen molar-refractivity contribution in [2.75, 3.05) is 19.6 Å². The van der Waals surface area contributed by atoms with Gasteiger partial charge in [0.1, 0.15) is 5.82 Å². The molecule has 0 aromatic heterocycles. The van der Waals surface area contributed by atoms with Gasteiger partial charge in [-0.25, -0.2) is 4.39 Å². The molecule has 0 spiro atoms. The molecule has 126 valence electrons. The number of halogens is 1. The minimum atomic E-state index is -0.509. The van der Waals surface area contributed by atoms with Crippen molar-refractivity contribution >= 4 is 5.57 Å². The van der Waals surface area contributed by atoms with E-state index in [4.69, 9.17) is 0 Å². The molecule has 2 aromatic rings. The second-order valence-corrected chi connectivity index (χ2v) is 6.36. The molecule has 1 atom stereocenters. The zero-order valence-electron chi connectivity index (χ0n) is 13.9. The number of aliphatic hydroxyl groups excluding tert-OH is 1. The lowest BCUT2D eigenvalue weighted by atomic mass is 9.99. The molecular formula is C21H24FNO. The van der Waals surface area contributed by atoms with Gasteiger partial charge < -0.3 is 5.11 Å². The summed E-state index contributed by atoms with van der Waals surface area (Å²) in [5.41, 5.74) is 3.54. The molecule has 1 aliphatic heterocycles. The lowest BCUT2D eigenvalue weighted by molar-refractivity contribution is 0.156. The van der Waals surface area contributed by atoms with E-state index in [0.29, 0.717) is 6.42 Å². The summed E-state index contributed by atoms with van der Waals surface area (Å²) in [7, 11) is 0. The zero-order chi connectivity index (χ0) is 16.8. The van der Waals surface area contributed by atoms with Crippen LogP contribution in [0, 0.1) is 5.82 Å². The van der Waals surface area contributed by atoms with E-state index < -0.39 is 6.10 Å². The molecule has 3 heteroatoms. The summed E-state index contributed by atoms with van der Waals surface area (Å²) in [4.78, 5) is 2.42. The number of nitrogens with zero attached hydrogens (tertiary/aromatic N) is 1. The maximum Gasteiger partial charge on any atom is 0.123 e. The highest BCUT2D eigenvalue weighted by atomic mass is 19.1. The van der Waals surface area contributed by atoms with E-state index in [2.05, 4.69) is 35.2 Å². The maximum atomic E-state index is 12.9. The molecule has 0 saturated heterocycles. The molecule has 1 aliphatic rings. The Balaban J connectivity index is 1.43. The molecule has 0 saturated carbocycles. The Morgan fingerprint density at radius 3 is 2.46 bits per heavy atom. The van der Waals surface area contributed by atoms with Crippen molar-refractivity contribution in [1.29, 1.82) is 0 Å². The Kier molecular flexibility index (Phi) is 5.78. The molecule has 0 fully saturated rings. The fraction of sp³-hybridized carbons (Fsp3) is 0.333. The average Bonchev–Trinajstić information content (AvgIpc) is 2.63. The number of aliphatic hydroxyl groups is 1. The van der Waals surface area contributed by atoms with E-state index >= 15 is 0 Å².